The number of para-hydroxylation sites is 1. The van der Waals surface area contributed by atoms with Crippen molar-refractivity contribution in [2.45, 2.75) is 62.1 Å². The molecule has 40 heavy (non-hydrogen) atoms. The van der Waals surface area contributed by atoms with E-state index in [9.17, 15) is 18.0 Å². The van der Waals surface area contributed by atoms with Crippen LogP contribution in [-0.4, -0.2) is 68.8 Å². The number of thioether (sulfide) groups is 1. The number of likely N-dealkylation sites (tertiary alicyclic amines) is 1. The predicted octanol–water partition coefficient (Wildman–Crippen LogP) is 5.13. The van der Waals surface area contributed by atoms with Crippen LogP contribution in [0.15, 0.2) is 44.4 Å². The van der Waals surface area contributed by atoms with Crippen LogP contribution in [0.2, 0.25) is 0 Å². The van der Waals surface area contributed by atoms with E-state index < -0.39 is 18.0 Å². The molecule has 4 aromatic rings. The van der Waals surface area contributed by atoms with Crippen molar-refractivity contribution in [3.63, 3.8) is 0 Å². The first-order chi connectivity index (χ1) is 19.0. The predicted molar refractivity (Wildman–Crippen MR) is 144 cm³/mol. The molecule has 5 rings (SSSR count). The molecule has 3 aromatic heterocycles. The number of hydrogen-bond acceptors (Lipinski definition) is 9. The summed E-state index contributed by atoms with van der Waals surface area (Å²) in [6.07, 6.45) is 2.58. The highest BCUT2D eigenvalue weighted by atomic mass is 32.2. The number of fused-ring (bicyclic) bond motifs is 1. The Morgan fingerprint density at radius 2 is 2.10 bits per heavy atom. The number of anilines is 1. The van der Waals surface area contributed by atoms with Crippen molar-refractivity contribution in [3.05, 3.63) is 42.0 Å². The maximum atomic E-state index is 14.7. The number of piperidine rings is 1. The van der Waals surface area contributed by atoms with E-state index in [0.717, 1.165) is 6.54 Å². The van der Waals surface area contributed by atoms with Crippen LogP contribution < -0.4 is 10.6 Å². The second-order valence-electron chi connectivity index (χ2n) is 10.7. The summed E-state index contributed by atoms with van der Waals surface area (Å²) >= 11 is 0.304. The second kappa shape index (κ2) is 11.2. The van der Waals surface area contributed by atoms with Gasteiger partial charge in [0.15, 0.2) is 11.3 Å². The molecule has 0 bridgehead atoms. The first-order valence-corrected chi connectivity index (χ1v) is 13.6. The van der Waals surface area contributed by atoms with Gasteiger partial charge >= 0.3 is 0 Å². The summed E-state index contributed by atoms with van der Waals surface area (Å²) in [6, 6.07) is 4.62. The Morgan fingerprint density at radius 3 is 2.80 bits per heavy atom. The minimum absolute atomic E-state index is 0.00232. The highest BCUT2D eigenvalue weighted by molar-refractivity contribution is 8.00. The third-order valence-corrected chi connectivity index (χ3v) is 7.38. The van der Waals surface area contributed by atoms with Crippen LogP contribution in [0.3, 0.4) is 0 Å². The van der Waals surface area contributed by atoms with Gasteiger partial charge < -0.3 is 24.5 Å². The summed E-state index contributed by atoms with van der Waals surface area (Å²) < 4.78 is 54.8. The number of alkyl halides is 3. The van der Waals surface area contributed by atoms with Crippen LogP contribution in [0.4, 0.5) is 18.9 Å². The molecular weight excluding hydrogens is 547 g/mol. The molecule has 2 atom stereocenters. The number of hydrogen-bond donors (Lipinski definition) is 2. The van der Waals surface area contributed by atoms with E-state index in [2.05, 4.69) is 25.9 Å². The molecule has 0 spiro atoms. The van der Waals surface area contributed by atoms with Crippen LogP contribution in [0.1, 0.15) is 43.4 Å². The van der Waals surface area contributed by atoms with Gasteiger partial charge in [-0.2, -0.15) is 18.9 Å². The number of furan rings is 1. The van der Waals surface area contributed by atoms with E-state index in [-0.39, 0.29) is 40.4 Å². The number of aromatic nitrogens is 4. The van der Waals surface area contributed by atoms with Gasteiger partial charge in [0.25, 0.3) is 11.7 Å². The van der Waals surface area contributed by atoms with Crippen molar-refractivity contribution in [2.24, 2.45) is 0 Å². The zero-order valence-corrected chi connectivity index (χ0v) is 23.3. The highest BCUT2D eigenvalue weighted by Crippen LogP contribution is 2.44. The molecule has 1 amide bonds. The monoisotopic (exact) mass is 577 g/mol. The van der Waals surface area contributed by atoms with E-state index in [0.29, 0.717) is 46.9 Å². The molecule has 1 saturated heterocycles. The Morgan fingerprint density at radius 1 is 1.30 bits per heavy atom. The third-order valence-electron chi connectivity index (χ3n) is 6.57. The van der Waals surface area contributed by atoms with Crippen molar-refractivity contribution < 1.29 is 26.9 Å². The van der Waals surface area contributed by atoms with Crippen LogP contribution in [0.25, 0.3) is 22.6 Å². The molecular formula is C26H30F3N7O3S. The molecule has 0 aliphatic carbocycles. The number of nitrogens with one attached hydrogen (secondary N) is 2. The Balaban J connectivity index is 1.37. The lowest BCUT2D eigenvalue weighted by Crippen LogP contribution is -2.46. The average molecular weight is 578 g/mol. The summed E-state index contributed by atoms with van der Waals surface area (Å²) in [6.45, 7) is 6.82. The van der Waals surface area contributed by atoms with Crippen molar-refractivity contribution in [3.8, 4) is 11.6 Å². The fourth-order valence-electron chi connectivity index (χ4n) is 4.47. The van der Waals surface area contributed by atoms with Crippen molar-refractivity contribution >= 4 is 34.3 Å². The fourth-order valence-corrected chi connectivity index (χ4v) is 5.17. The van der Waals surface area contributed by atoms with Gasteiger partial charge in [0.2, 0.25) is 11.7 Å². The number of halogens is 3. The molecule has 214 valence electrons. The summed E-state index contributed by atoms with van der Waals surface area (Å²) in [5.74, 6) is -3.10. The van der Waals surface area contributed by atoms with E-state index in [1.165, 1.54) is 6.20 Å². The molecule has 1 aliphatic heterocycles. The van der Waals surface area contributed by atoms with Crippen LogP contribution in [-0.2, 0) is 12.1 Å². The minimum Gasteiger partial charge on any atom is -0.449 e. The average Bonchev–Trinajstić information content (AvgIpc) is 3.63. The third kappa shape index (κ3) is 5.97. The zero-order chi connectivity index (χ0) is 28.6. The highest BCUT2D eigenvalue weighted by Gasteiger charge is 2.30. The number of amides is 1. The largest absolute Gasteiger partial charge is 0.449 e. The van der Waals surface area contributed by atoms with Gasteiger partial charge in [0.1, 0.15) is 6.17 Å². The lowest BCUT2D eigenvalue weighted by molar-refractivity contribution is 0.0946. The zero-order valence-electron chi connectivity index (χ0n) is 22.5. The lowest BCUT2D eigenvalue weighted by atomic mass is 10.0. The maximum absolute atomic E-state index is 14.7. The Labute approximate surface area is 232 Å². The van der Waals surface area contributed by atoms with E-state index in [4.69, 9.17) is 8.94 Å². The van der Waals surface area contributed by atoms with Gasteiger partial charge in [-0.25, -0.2) is 4.39 Å². The van der Waals surface area contributed by atoms with Gasteiger partial charge in [-0.3, -0.25) is 9.48 Å². The molecule has 1 aromatic carbocycles. The first-order valence-electron chi connectivity index (χ1n) is 12.8. The summed E-state index contributed by atoms with van der Waals surface area (Å²) in [4.78, 5) is 18.9. The quantitative estimate of drug-likeness (QED) is 0.275. The first kappa shape index (κ1) is 28.0. The Hall–Kier alpha value is -3.52. The van der Waals surface area contributed by atoms with Gasteiger partial charge in [0, 0.05) is 24.7 Å². The standard InChI is InChI=1S/C26H30F3N7O3S/c1-26(2,3)36-12-14(10-31-36)24(37)30-11-19-33-23(34-39-19)21-22(40-25(28)29)15-6-5-7-18(20(15)38-21)32-17-8-9-35(4)13-16(17)27/h5-7,10,12,16-17,25,32H,8-9,11,13H2,1-4H3,(H,30,37)/t16-,17+/m0/s1. The van der Waals surface area contributed by atoms with Crippen LogP contribution in [0.5, 0.6) is 0 Å². The summed E-state index contributed by atoms with van der Waals surface area (Å²) in [5.41, 5.74) is 0.866. The molecule has 10 nitrogen and oxygen atoms in total. The van der Waals surface area contributed by atoms with Crippen molar-refractivity contribution in [1.29, 1.82) is 0 Å². The lowest BCUT2D eigenvalue weighted by Gasteiger charge is -2.33. The van der Waals surface area contributed by atoms with E-state index in [1.807, 2.05) is 32.7 Å². The van der Waals surface area contributed by atoms with Gasteiger partial charge in [-0.1, -0.05) is 23.0 Å². The van der Waals surface area contributed by atoms with Gasteiger partial charge in [0.05, 0.1) is 40.5 Å². The molecule has 1 fully saturated rings. The van der Waals surface area contributed by atoms with E-state index in [1.54, 1.807) is 29.1 Å². The normalized spacial score (nSPS) is 18.5. The van der Waals surface area contributed by atoms with Crippen molar-refractivity contribution in [1.82, 2.24) is 30.1 Å². The molecule has 1 aliphatic rings. The fraction of sp³-hybridized carbons (Fsp3) is 0.462. The maximum Gasteiger partial charge on any atom is 0.289 e. The molecule has 2 N–H and O–H groups in total. The molecule has 0 radical (unpaired) electrons. The van der Waals surface area contributed by atoms with Gasteiger partial charge in [-0.05, 0) is 46.4 Å². The Bertz CT molecular complexity index is 1500. The van der Waals surface area contributed by atoms with Crippen LogP contribution >= 0.6 is 11.8 Å². The smallest absolute Gasteiger partial charge is 0.289 e. The van der Waals surface area contributed by atoms with E-state index >= 15 is 0 Å². The van der Waals surface area contributed by atoms with Crippen molar-refractivity contribution in [2.75, 3.05) is 25.5 Å². The number of benzene rings is 1. The number of carbonyl (C=O) groups excluding carboxylic acids is 1. The summed E-state index contributed by atoms with van der Waals surface area (Å²) in [5, 5.41) is 14.4. The topological polar surface area (TPSA) is 114 Å². The minimum atomic E-state index is -2.74. The second-order valence-corrected chi connectivity index (χ2v) is 11.7. The molecule has 4 heterocycles. The SMILES string of the molecule is CN1CC[C@@H](Nc2cccc3c(SC(F)F)c(-c4noc(CNC(=O)c5cnn(C(C)(C)C)c5)n4)oc23)[C@@H](F)C1. The molecule has 14 heteroatoms. The van der Waals surface area contributed by atoms with Crippen LogP contribution in [0, 0.1) is 0 Å². The van der Waals surface area contributed by atoms with Gasteiger partial charge in [-0.15, -0.1) is 0 Å². The molecule has 0 unspecified atom stereocenters. The molecule has 0 saturated carbocycles. The number of rotatable bonds is 8. The number of nitrogens with zero attached hydrogens (tertiary/aromatic N) is 5. The summed E-state index contributed by atoms with van der Waals surface area (Å²) in [7, 11) is 1.86. The number of carbonyl (C=O) groups is 1. The Kier molecular flexibility index (Phi) is 7.82.